The normalized spacial score (nSPS) is 20.0. The zero-order valence-corrected chi connectivity index (χ0v) is 15.8. The van der Waals surface area contributed by atoms with Gasteiger partial charge >= 0.3 is 0 Å². The highest BCUT2D eigenvalue weighted by Crippen LogP contribution is 2.34. The monoisotopic (exact) mass is 365 g/mol. The number of rotatable bonds is 3. The Morgan fingerprint density at radius 1 is 1.15 bits per heavy atom. The summed E-state index contributed by atoms with van der Waals surface area (Å²) in [7, 11) is 0. The average molecular weight is 366 g/mol. The SMILES string of the molecule is N#CC(=C1CCCCC1)c1nc(C2=CCC(C(=O)N3CCCC3)=C2)cs1. The largest absolute Gasteiger partial charge is 0.339 e. The van der Waals surface area contributed by atoms with E-state index in [0.29, 0.717) is 6.42 Å². The zero-order valence-electron chi connectivity index (χ0n) is 15.0. The van der Waals surface area contributed by atoms with Crippen molar-refractivity contribution in [3.8, 4) is 6.07 Å². The van der Waals surface area contributed by atoms with Crippen molar-refractivity contribution in [3.63, 3.8) is 0 Å². The number of amides is 1. The number of aromatic nitrogens is 1. The lowest BCUT2D eigenvalue weighted by molar-refractivity contribution is -0.126. The molecule has 1 saturated carbocycles. The molecule has 1 amide bonds. The number of carbonyl (C=O) groups excluding carboxylic acids is 1. The summed E-state index contributed by atoms with van der Waals surface area (Å²) in [4.78, 5) is 19.2. The summed E-state index contributed by atoms with van der Waals surface area (Å²) in [5.41, 5.74) is 4.80. The first kappa shape index (κ1) is 17.2. The Labute approximate surface area is 158 Å². The predicted molar refractivity (Wildman–Crippen MR) is 104 cm³/mol. The summed E-state index contributed by atoms with van der Waals surface area (Å²) in [6, 6.07) is 2.39. The van der Waals surface area contributed by atoms with Crippen LogP contribution in [0.1, 0.15) is 62.1 Å². The van der Waals surface area contributed by atoms with Gasteiger partial charge in [0.05, 0.1) is 11.3 Å². The summed E-state index contributed by atoms with van der Waals surface area (Å²) in [5.74, 6) is 0.172. The van der Waals surface area contributed by atoms with Gasteiger partial charge in [0, 0.05) is 24.0 Å². The zero-order chi connectivity index (χ0) is 17.9. The topological polar surface area (TPSA) is 57.0 Å². The Bertz CT molecular complexity index is 839. The van der Waals surface area contributed by atoms with Crippen LogP contribution >= 0.6 is 11.3 Å². The van der Waals surface area contributed by atoms with Gasteiger partial charge in [0.15, 0.2) is 0 Å². The highest BCUT2D eigenvalue weighted by molar-refractivity contribution is 7.11. The van der Waals surface area contributed by atoms with Crippen LogP contribution < -0.4 is 0 Å². The first-order valence-corrected chi connectivity index (χ1v) is 10.4. The van der Waals surface area contributed by atoms with Crippen LogP contribution in [-0.2, 0) is 4.79 Å². The molecule has 0 bridgehead atoms. The van der Waals surface area contributed by atoms with Crippen LogP contribution in [0.5, 0.6) is 0 Å². The Hall–Kier alpha value is -2.19. The van der Waals surface area contributed by atoms with Crippen molar-refractivity contribution >= 4 is 28.4 Å². The fourth-order valence-corrected chi connectivity index (χ4v) is 4.88. The van der Waals surface area contributed by atoms with Gasteiger partial charge in [0.2, 0.25) is 5.91 Å². The minimum atomic E-state index is 0.172. The second kappa shape index (κ2) is 7.59. The van der Waals surface area contributed by atoms with Gasteiger partial charge in [-0.3, -0.25) is 4.79 Å². The van der Waals surface area contributed by atoms with Crippen LogP contribution in [0.3, 0.4) is 0 Å². The number of likely N-dealkylation sites (tertiary alicyclic amines) is 1. The van der Waals surface area contributed by atoms with Crippen LogP contribution in [0.2, 0.25) is 0 Å². The maximum atomic E-state index is 12.5. The average Bonchev–Trinajstić information content (AvgIpc) is 3.43. The van der Waals surface area contributed by atoms with E-state index < -0.39 is 0 Å². The minimum Gasteiger partial charge on any atom is -0.339 e. The third kappa shape index (κ3) is 3.39. The van der Waals surface area contributed by atoms with E-state index in [2.05, 4.69) is 12.1 Å². The number of nitrogens with zero attached hydrogens (tertiary/aromatic N) is 3. The van der Waals surface area contributed by atoms with Crippen LogP contribution in [0.25, 0.3) is 11.1 Å². The van der Waals surface area contributed by atoms with Crippen LogP contribution in [0.15, 0.2) is 28.7 Å². The summed E-state index contributed by atoms with van der Waals surface area (Å²) >= 11 is 1.54. The molecule has 0 N–H and O–H groups in total. The van der Waals surface area contributed by atoms with Crippen molar-refractivity contribution in [3.05, 3.63) is 39.4 Å². The number of hydrogen-bond donors (Lipinski definition) is 0. The Balaban J connectivity index is 1.53. The quantitative estimate of drug-likeness (QED) is 0.728. The van der Waals surface area contributed by atoms with Crippen molar-refractivity contribution in [2.24, 2.45) is 0 Å². The number of carbonyl (C=O) groups is 1. The van der Waals surface area contributed by atoms with E-state index >= 15 is 0 Å². The molecule has 3 aliphatic rings. The number of nitriles is 1. The number of hydrogen-bond acceptors (Lipinski definition) is 4. The number of thiazole rings is 1. The molecule has 0 spiro atoms. The van der Waals surface area contributed by atoms with E-state index in [1.54, 1.807) is 11.3 Å². The van der Waals surface area contributed by atoms with Gasteiger partial charge in [-0.1, -0.05) is 12.5 Å². The molecule has 1 aromatic rings. The second-order valence-electron chi connectivity index (χ2n) is 7.22. The van der Waals surface area contributed by atoms with E-state index in [4.69, 9.17) is 4.98 Å². The van der Waals surface area contributed by atoms with Crippen molar-refractivity contribution in [2.75, 3.05) is 13.1 Å². The Morgan fingerprint density at radius 3 is 2.65 bits per heavy atom. The second-order valence-corrected chi connectivity index (χ2v) is 8.08. The van der Waals surface area contributed by atoms with Crippen molar-refractivity contribution < 1.29 is 4.79 Å². The van der Waals surface area contributed by atoms with E-state index in [-0.39, 0.29) is 5.91 Å². The predicted octanol–water partition coefficient (Wildman–Crippen LogP) is 4.72. The summed E-state index contributed by atoms with van der Waals surface area (Å²) in [6.07, 6.45) is 12.6. The van der Waals surface area contributed by atoms with Gasteiger partial charge in [0.25, 0.3) is 0 Å². The van der Waals surface area contributed by atoms with Gasteiger partial charge in [-0.05, 0) is 62.2 Å². The lowest BCUT2D eigenvalue weighted by atomic mass is 9.91. The standard InChI is InChI=1S/C21H23N3OS/c22-13-18(15-6-2-1-3-7-15)20-23-19(14-26-20)16-8-9-17(12-16)21(25)24-10-4-5-11-24/h8,12,14H,1-7,9-11H2. The smallest absolute Gasteiger partial charge is 0.250 e. The van der Waals surface area contributed by atoms with E-state index in [1.807, 2.05) is 16.4 Å². The molecule has 4 nitrogen and oxygen atoms in total. The minimum absolute atomic E-state index is 0.172. The molecule has 1 aromatic heterocycles. The van der Waals surface area contributed by atoms with E-state index in [1.165, 1.54) is 24.8 Å². The first-order valence-electron chi connectivity index (χ1n) is 9.54. The summed E-state index contributed by atoms with van der Waals surface area (Å²) in [6.45, 7) is 1.76. The third-order valence-corrected chi connectivity index (χ3v) is 6.34. The van der Waals surface area contributed by atoms with Crippen LogP contribution in [0.4, 0.5) is 0 Å². The molecule has 1 saturated heterocycles. The van der Waals surface area contributed by atoms with Crippen LogP contribution in [0, 0.1) is 11.3 Å². The molecule has 0 radical (unpaired) electrons. The molecule has 2 fully saturated rings. The molecule has 2 aliphatic carbocycles. The fourth-order valence-electron chi connectivity index (χ4n) is 4.00. The molecule has 0 unspecified atom stereocenters. The highest BCUT2D eigenvalue weighted by Gasteiger charge is 2.24. The molecule has 1 aliphatic heterocycles. The fraction of sp³-hybridized carbons (Fsp3) is 0.476. The van der Waals surface area contributed by atoms with Crippen molar-refractivity contribution in [2.45, 2.75) is 51.4 Å². The van der Waals surface area contributed by atoms with Gasteiger partial charge in [0.1, 0.15) is 11.1 Å². The molecule has 26 heavy (non-hydrogen) atoms. The summed E-state index contributed by atoms with van der Waals surface area (Å²) < 4.78 is 0. The molecule has 0 aromatic carbocycles. The Morgan fingerprint density at radius 2 is 1.92 bits per heavy atom. The third-order valence-electron chi connectivity index (χ3n) is 5.48. The molecular weight excluding hydrogens is 342 g/mol. The molecule has 5 heteroatoms. The van der Waals surface area contributed by atoms with Crippen molar-refractivity contribution in [1.29, 1.82) is 5.26 Å². The molecule has 134 valence electrons. The van der Waals surface area contributed by atoms with Gasteiger partial charge in [-0.15, -0.1) is 11.3 Å². The highest BCUT2D eigenvalue weighted by atomic mass is 32.1. The van der Waals surface area contributed by atoms with Gasteiger partial charge in [-0.25, -0.2) is 4.98 Å². The van der Waals surface area contributed by atoms with Gasteiger partial charge in [-0.2, -0.15) is 5.26 Å². The van der Waals surface area contributed by atoms with Gasteiger partial charge < -0.3 is 4.90 Å². The Kier molecular flexibility index (Phi) is 5.03. The summed E-state index contributed by atoms with van der Waals surface area (Å²) in [5, 5.41) is 12.5. The van der Waals surface area contributed by atoms with Crippen molar-refractivity contribution in [1.82, 2.24) is 9.88 Å². The van der Waals surface area contributed by atoms with E-state index in [0.717, 1.165) is 66.2 Å². The molecule has 0 atom stereocenters. The van der Waals surface area contributed by atoms with Crippen LogP contribution in [-0.4, -0.2) is 28.9 Å². The maximum absolute atomic E-state index is 12.5. The molecular formula is C21H23N3OS. The first-order chi connectivity index (χ1) is 12.8. The number of allylic oxidation sites excluding steroid dienone is 5. The maximum Gasteiger partial charge on any atom is 0.250 e. The van der Waals surface area contributed by atoms with E-state index in [9.17, 15) is 10.1 Å². The lowest BCUT2D eigenvalue weighted by Gasteiger charge is -2.15. The molecule has 4 rings (SSSR count). The lowest BCUT2D eigenvalue weighted by Crippen LogP contribution is -2.28. The molecule has 2 heterocycles.